The maximum Gasteiger partial charge on any atom is 0.306 e. The van der Waals surface area contributed by atoms with Crippen LogP contribution in [0.15, 0.2) is 30.3 Å². The van der Waals surface area contributed by atoms with E-state index in [0.29, 0.717) is 12.3 Å². The van der Waals surface area contributed by atoms with Crippen molar-refractivity contribution < 1.29 is 9.53 Å². The first-order valence-corrected chi connectivity index (χ1v) is 7.16. The van der Waals surface area contributed by atoms with E-state index in [1.54, 1.807) is 0 Å². The Hall–Kier alpha value is -1.35. The summed E-state index contributed by atoms with van der Waals surface area (Å²) in [6, 6.07) is 10.6. The number of esters is 1. The van der Waals surface area contributed by atoms with Crippen LogP contribution in [0.2, 0.25) is 0 Å². The van der Waals surface area contributed by atoms with Gasteiger partial charge in [-0.15, -0.1) is 0 Å². The monoisotopic (exact) mass is 259 g/mol. The molecule has 3 heteroatoms. The SMILES string of the molecule is CC1CC(=O)OC12CCN(Cc1ccccc1)CC2. The standard InChI is InChI=1S/C16H21NO2/c1-13-11-15(18)19-16(13)7-9-17(10-8-16)12-14-5-3-2-4-6-14/h2-6,13H,7-12H2,1H3. The van der Waals surface area contributed by atoms with Gasteiger partial charge in [0.25, 0.3) is 0 Å². The van der Waals surface area contributed by atoms with Crippen LogP contribution in [0.5, 0.6) is 0 Å². The summed E-state index contributed by atoms with van der Waals surface area (Å²) in [5, 5.41) is 0. The fourth-order valence-corrected chi connectivity index (χ4v) is 3.33. The molecule has 3 rings (SSSR count). The summed E-state index contributed by atoms with van der Waals surface area (Å²) < 4.78 is 5.63. The van der Waals surface area contributed by atoms with Crippen LogP contribution >= 0.6 is 0 Å². The quantitative estimate of drug-likeness (QED) is 0.765. The van der Waals surface area contributed by atoms with Crippen LogP contribution in [0.4, 0.5) is 0 Å². The highest BCUT2D eigenvalue weighted by molar-refractivity contribution is 5.72. The average Bonchev–Trinajstić information content (AvgIpc) is 2.68. The summed E-state index contributed by atoms with van der Waals surface area (Å²) in [5.41, 5.74) is 1.19. The lowest BCUT2D eigenvalue weighted by Gasteiger charge is -2.40. The van der Waals surface area contributed by atoms with Gasteiger partial charge in [-0.25, -0.2) is 0 Å². The molecule has 0 aliphatic carbocycles. The fraction of sp³-hybridized carbons (Fsp3) is 0.562. The largest absolute Gasteiger partial charge is 0.459 e. The molecule has 2 aliphatic heterocycles. The third-order valence-corrected chi connectivity index (χ3v) is 4.64. The molecule has 19 heavy (non-hydrogen) atoms. The van der Waals surface area contributed by atoms with E-state index in [1.165, 1.54) is 5.56 Å². The Morgan fingerprint density at radius 3 is 2.53 bits per heavy atom. The van der Waals surface area contributed by atoms with Gasteiger partial charge in [0.05, 0.1) is 6.42 Å². The number of hydrogen-bond donors (Lipinski definition) is 0. The number of rotatable bonds is 2. The van der Waals surface area contributed by atoms with Crippen molar-refractivity contribution in [2.75, 3.05) is 13.1 Å². The molecule has 0 radical (unpaired) electrons. The van der Waals surface area contributed by atoms with Gasteiger partial charge in [-0.2, -0.15) is 0 Å². The summed E-state index contributed by atoms with van der Waals surface area (Å²) >= 11 is 0. The second kappa shape index (κ2) is 4.97. The van der Waals surface area contributed by atoms with Crippen LogP contribution in [0, 0.1) is 5.92 Å². The zero-order chi connectivity index (χ0) is 13.3. The van der Waals surface area contributed by atoms with E-state index in [4.69, 9.17) is 4.74 Å². The minimum Gasteiger partial charge on any atom is -0.459 e. The van der Waals surface area contributed by atoms with Crippen molar-refractivity contribution in [3.8, 4) is 0 Å². The highest BCUT2D eigenvalue weighted by Crippen LogP contribution is 2.41. The molecule has 2 heterocycles. The van der Waals surface area contributed by atoms with Crippen molar-refractivity contribution in [3.05, 3.63) is 35.9 Å². The third kappa shape index (κ3) is 2.52. The summed E-state index contributed by atoms with van der Waals surface area (Å²) in [5.74, 6) is 0.364. The van der Waals surface area contributed by atoms with Crippen molar-refractivity contribution in [1.82, 2.24) is 4.90 Å². The van der Waals surface area contributed by atoms with Crippen molar-refractivity contribution in [2.24, 2.45) is 5.92 Å². The minimum absolute atomic E-state index is 0.0102. The van der Waals surface area contributed by atoms with E-state index in [2.05, 4.69) is 36.1 Å². The number of hydrogen-bond acceptors (Lipinski definition) is 3. The number of ether oxygens (including phenoxy) is 1. The normalized spacial score (nSPS) is 26.6. The maximum absolute atomic E-state index is 11.5. The molecule has 1 atom stereocenters. The van der Waals surface area contributed by atoms with E-state index in [0.717, 1.165) is 32.5 Å². The number of nitrogens with zero attached hydrogens (tertiary/aromatic N) is 1. The number of piperidine rings is 1. The first-order valence-electron chi connectivity index (χ1n) is 7.16. The predicted molar refractivity (Wildman–Crippen MR) is 73.6 cm³/mol. The van der Waals surface area contributed by atoms with Crippen molar-refractivity contribution in [1.29, 1.82) is 0 Å². The maximum atomic E-state index is 11.5. The van der Waals surface area contributed by atoms with E-state index >= 15 is 0 Å². The Morgan fingerprint density at radius 2 is 1.95 bits per heavy atom. The molecule has 0 bridgehead atoms. The molecular weight excluding hydrogens is 238 g/mol. The van der Waals surface area contributed by atoms with Crippen molar-refractivity contribution in [3.63, 3.8) is 0 Å². The van der Waals surface area contributed by atoms with Gasteiger partial charge in [-0.05, 0) is 5.56 Å². The van der Waals surface area contributed by atoms with Crippen molar-refractivity contribution in [2.45, 2.75) is 38.3 Å². The number of carbonyl (C=O) groups is 1. The highest BCUT2D eigenvalue weighted by Gasteiger charge is 2.48. The second-order valence-electron chi connectivity index (χ2n) is 5.91. The molecular formula is C16H21NO2. The van der Waals surface area contributed by atoms with Gasteiger partial charge in [0.2, 0.25) is 0 Å². The van der Waals surface area contributed by atoms with Crippen molar-refractivity contribution >= 4 is 5.97 Å². The molecule has 1 aromatic carbocycles. The molecule has 0 saturated carbocycles. The molecule has 0 amide bonds. The number of benzene rings is 1. The second-order valence-corrected chi connectivity index (χ2v) is 5.91. The third-order valence-electron chi connectivity index (χ3n) is 4.64. The Bertz CT molecular complexity index is 449. The van der Waals surface area contributed by atoms with Crippen LogP contribution in [-0.2, 0) is 16.1 Å². The van der Waals surface area contributed by atoms with E-state index < -0.39 is 0 Å². The molecule has 2 aliphatic rings. The van der Waals surface area contributed by atoms with Crippen LogP contribution in [0.25, 0.3) is 0 Å². The highest BCUT2D eigenvalue weighted by atomic mass is 16.6. The molecule has 3 nitrogen and oxygen atoms in total. The minimum atomic E-state index is -0.162. The molecule has 2 fully saturated rings. The van der Waals surface area contributed by atoms with Gasteiger partial charge in [0, 0.05) is 38.4 Å². The lowest BCUT2D eigenvalue weighted by molar-refractivity contribution is -0.153. The Labute approximate surface area is 114 Å². The number of likely N-dealkylation sites (tertiary alicyclic amines) is 1. The van der Waals surface area contributed by atoms with Crippen LogP contribution in [0.1, 0.15) is 31.7 Å². The first kappa shape index (κ1) is 12.7. The summed E-state index contributed by atoms with van der Waals surface area (Å²) in [4.78, 5) is 13.9. The molecule has 102 valence electrons. The van der Waals surface area contributed by atoms with Gasteiger partial charge in [0.15, 0.2) is 0 Å². The number of carbonyl (C=O) groups excluding carboxylic acids is 1. The van der Waals surface area contributed by atoms with Gasteiger partial charge in [0.1, 0.15) is 5.60 Å². The molecule has 1 unspecified atom stereocenters. The smallest absolute Gasteiger partial charge is 0.306 e. The molecule has 0 aromatic heterocycles. The Kier molecular flexibility index (Phi) is 3.31. The summed E-state index contributed by atoms with van der Waals surface area (Å²) in [7, 11) is 0. The van der Waals surface area contributed by atoms with E-state index in [-0.39, 0.29) is 11.6 Å². The summed E-state index contributed by atoms with van der Waals surface area (Å²) in [6.07, 6.45) is 2.55. The zero-order valence-corrected chi connectivity index (χ0v) is 11.5. The Balaban J connectivity index is 1.59. The molecule has 0 N–H and O–H groups in total. The zero-order valence-electron chi connectivity index (χ0n) is 11.5. The van der Waals surface area contributed by atoms with E-state index in [1.807, 2.05) is 6.07 Å². The van der Waals surface area contributed by atoms with Crippen LogP contribution in [0.3, 0.4) is 0 Å². The molecule has 1 aromatic rings. The van der Waals surface area contributed by atoms with Gasteiger partial charge in [-0.1, -0.05) is 37.3 Å². The first-order chi connectivity index (χ1) is 9.18. The molecule has 2 saturated heterocycles. The average molecular weight is 259 g/mol. The van der Waals surface area contributed by atoms with Crippen LogP contribution in [-0.4, -0.2) is 29.6 Å². The lowest BCUT2D eigenvalue weighted by Crippen LogP contribution is -2.46. The Morgan fingerprint density at radius 1 is 1.26 bits per heavy atom. The van der Waals surface area contributed by atoms with Crippen LogP contribution < -0.4 is 0 Å². The lowest BCUT2D eigenvalue weighted by atomic mass is 9.81. The van der Waals surface area contributed by atoms with Gasteiger partial charge >= 0.3 is 5.97 Å². The fourth-order valence-electron chi connectivity index (χ4n) is 3.33. The molecule has 1 spiro atoms. The predicted octanol–water partition coefficient (Wildman–Crippen LogP) is 2.60. The topological polar surface area (TPSA) is 29.5 Å². The van der Waals surface area contributed by atoms with Gasteiger partial charge < -0.3 is 4.74 Å². The van der Waals surface area contributed by atoms with E-state index in [9.17, 15) is 4.79 Å². The summed E-state index contributed by atoms with van der Waals surface area (Å²) in [6.45, 7) is 5.19. The van der Waals surface area contributed by atoms with Gasteiger partial charge in [-0.3, -0.25) is 9.69 Å².